The van der Waals surface area contributed by atoms with Gasteiger partial charge in [-0.25, -0.2) is 8.78 Å². The molecule has 5 heteroatoms. The fourth-order valence-electron chi connectivity index (χ4n) is 1.55. The van der Waals surface area contributed by atoms with E-state index in [-0.39, 0.29) is 24.1 Å². The smallest absolute Gasteiger partial charge is 0.254 e. The highest BCUT2D eigenvalue weighted by molar-refractivity contribution is 5.94. The quantitative estimate of drug-likeness (QED) is 0.879. The summed E-state index contributed by atoms with van der Waals surface area (Å²) in [6.07, 6.45) is -0.141. The summed E-state index contributed by atoms with van der Waals surface area (Å²) in [5.41, 5.74) is -0.171. The summed E-state index contributed by atoms with van der Waals surface area (Å²) in [5.74, 6) is -1.92. The van der Waals surface area contributed by atoms with E-state index in [1.807, 2.05) is 13.8 Å². The lowest BCUT2D eigenvalue weighted by atomic mass is 10.1. The van der Waals surface area contributed by atoms with Crippen LogP contribution in [0.5, 0.6) is 0 Å². The minimum absolute atomic E-state index is 0.141. The lowest BCUT2D eigenvalue weighted by Gasteiger charge is -2.19. The minimum atomic E-state index is -0.869. The Bertz CT molecular complexity index is 421. The van der Waals surface area contributed by atoms with E-state index in [4.69, 9.17) is 4.74 Å². The van der Waals surface area contributed by atoms with Crippen LogP contribution in [-0.2, 0) is 4.74 Å². The van der Waals surface area contributed by atoms with Crippen LogP contribution in [0.2, 0.25) is 0 Å². The van der Waals surface area contributed by atoms with Crippen LogP contribution in [0.15, 0.2) is 18.2 Å². The molecular formula is C13H17F2NO2. The molecule has 1 unspecified atom stereocenters. The van der Waals surface area contributed by atoms with E-state index in [0.717, 1.165) is 12.1 Å². The van der Waals surface area contributed by atoms with Gasteiger partial charge in [0.2, 0.25) is 0 Å². The first-order chi connectivity index (χ1) is 8.45. The Morgan fingerprint density at radius 3 is 2.56 bits per heavy atom. The van der Waals surface area contributed by atoms with Gasteiger partial charge in [-0.15, -0.1) is 0 Å². The first kappa shape index (κ1) is 14.6. The Hall–Kier alpha value is -1.49. The molecule has 1 aromatic rings. The van der Waals surface area contributed by atoms with Crippen LogP contribution < -0.4 is 5.32 Å². The van der Waals surface area contributed by atoms with Crippen LogP contribution in [0, 0.1) is 17.6 Å². The van der Waals surface area contributed by atoms with E-state index in [1.165, 1.54) is 0 Å². The van der Waals surface area contributed by atoms with E-state index in [9.17, 15) is 13.6 Å². The predicted octanol–water partition coefficient (Wildman–Crippen LogP) is 2.37. The largest absolute Gasteiger partial charge is 0.379 e. The second-order valence-corrected chi connectivity index (χ2v) is 4.35. The van der Waals surface area contributed by atoms with Crippen molar-refractivity contribution >= 4 is 5.91 Å². The zero-order valence-electron chi connectivity index (χ0n) is 10.7. The number of hydrogen-bond acceptors (Lipinski definition) is 2. The molecule has 0 radical (unpaired) electrons. The van der Waals surface area contributed by atoms with Gasteiger partial charge in [0, 0.05) is 19.7 Å². The third kappa shape index (κ3) is 3.77. The van der Waals surface area contributed by atoms with Crippen molar-refractivity contribution in [3.63, 3.8) is 0 Å². The van der Waals surface area contributed by atoms with Crippen LogP contribution in [0.25, 0.3) is 0 Å². The molecular weight excluding hydrogens is 240 g/mol. The molecule has 0 aliphatic carbocycles. The van der Waals surface area contributed by atoms with Gasteiger partial charge >= 0.3 is 0 Å². The number of hydrogen-bond donors (Lipinski definition) is 1. The third-order valence-corrected chi connectivity index (χ3v) is 2.69. The molecule has 0 aromatic heterocycles. The summed E-state index contributed by atoms with van der Waals surface area (Å²) in [6, 6.07) is 2.86. The number of ether oxygens (including phenoxy) is 1. The van der Waals surface area contributed by atoms with Gasteiger partial charge in [-0.2, -0.15) is 0 Å². The predicted molar refractivity (Wildman–Crippen MR) is 64.3 cm³/mol. The van der Waals surface area contributed by atoms with Gasteiger partial charge in [0.05, 0.1) is 11.7 Å². The molecule has 0 saturated heterocycles. The highest BCUT2D eigenvalue weighted by atomic mass is 19.1. The average molecular weight is 257 g/mol. The van der Waals surface area contributed by atoms with Gasteiger partial charge in [0.25, 0.3) is 5.91 Å². The molecule has 1 rings (SSSR count). The molecule has 0 saturated carbocycles. The van der Waals surface area contributed by atoms with Crippen molar-refractivity contribution in [2.45, 2.75) is 20.0 Å². The standard InChI is InChI=1S/C13H17F2NO2/c1-8(2)12(18-3)7-16-13(17)10-5-4-9(14)6-11(10)15/h4-6,8,12H,7H2,1-3H3,(H,16,17). The van der Waals surface area contributed by atoms with Crippen molar-refractivity contribution in [1.82, 2.24) is 5.32 Å². The van der Waals surface area contributed by atoms with Gasteiger partial charge in [-0.3, -0.25) is 4.79 Å². The van der Waals surface area contributed by atoms with Crippen molar-refractivity contribution < 1.29 is 18.3 Å². The molecule has 1 atom stereocenters. The summed E-state index contributed by atoms with van der Waals surface area (Å²) in [4.78, 5) is 11.7. The molecule has 0 spiro atoms. The average Bonchev–Trinajstić information content (AvgIpc) is 2.28. The summed E-state index contributed by atoms with van der Waals surface area (Å²) >= 11 is 0. The lowest BCUT2D eigenvalue weighted by molar-refractivity contribution is 0.0604. The molecule has 100 valence electrons. The Kier molecular flexibility index (Phi) is 5.22. The fourth-order valence-corrected chi connectivity index (χ4v) is 1.55. The van der Waals surface area contributed by atoms with Gasteiger partial charge < -0.3 is 10.1 Å². The van der Waals surface area contributed by atoms with Crippen molar-refractivity contribution in [2.75, 3.05) is 13.7 Å². The summed E-state index contributed by atoms with van der Waals surface area (Å²) in [5, 5.41) is 2.57. The number of nitrogens with one attached hydrogen (secondary N) is 1. The molecule has 0 aliphatic heterocycles. The molecule has 0 fully saturated rings. The summed E-state index contributed by atoms with van der Waals surface area (Å²) < 4.78 is 31.2. The Labute approximate surface area is 105 Å². The second-order valence-electron chi connectivity index (χ2n) is 4.35. The van der Waals surface area contributed by atoms with Crippen LogP contribution in [0.1, 0.15) is 24.2 Å². The molecule has 18 heavy (non-hydrogen) atoms. The molecule has 1 amide bonds. The van der Waals surface area contributed by atoms with Crippen molar-refractivity contribution in [3.05, 3.63) is 35.4 Å². The highest BCUT2D eigenvalue weighted by Gasteiger charge is 2.16. The van der Waals surface area contributed by atoms with E-state index in [1.54, 1.807) is 7.11 Å². The fraction of sp³-hybridized carbons (Fsp3) is 0.462. The van der Waals surface area contributed by atoms with Gasteiger partial charge in [0.15, 0.2) is 0 Å². The second kappa shape index (κ2) is 6.44. The number of carbonyl (C=O) groups is 1. The summed E-state index contributed by atoms with van der Waals surface area (Å²) in [7, 11) is 1.55. The Morgan fingerprint density at radius 1 is 1.39 bits per heavy atom. The zero-order valence-corrected chi connectivity index (χ0v) is 10.7. The number of halogens is 2. The van der Waals surface area contributed by atoms with Crippen LogP contribution >= 0.6 is 0 Å². The minimum Gasteiger partial charge on any atom is -0.379 e. The number of benzene rings is 1. The van der Waals surface area contributed by atoms with Crippen LogP contribution in [-0.4, -0.2) is 25.7 Å². The number of rotatable bonds is 5. The van der Waals surface area contributed by atoms with Crippen molar-refractivity contribution in [2.24, 2.45) is 5.92 Å². The maximum absolute atomic E-state index is 13.3. The normalized spacial score (nSPS) is 12.6. The van der Waals surface area contributed by atoms with Crippen LogP contribution in [0.3, 0.4) is 0 Å². The Balaban J connectivity index is 2.65. The monoisotopic (exact) mass is 257 g/mol. The first-order valence-corrected chi connectivity index (χ1v) is 5.71. The molecule has 0 aliphatic rings. The van der Waals surface area contributed by atoms with E-state index >= 15 is 0 Å². The number of methoxy groups -OCH3 is 1. The molecule has 1 N–H and O–H groups in total. The van der Waals surface area contributed by atoms with Crippen LogP contribution in [0.4, 0.5) is 8.78 Å². The zero-order chi connectivity index (χ0) is 13.7. The number of amides is 1. The van der Waals surface area contributed by atoms with Gasteiger partial charge in [-0.1, -0.05) is 13.8 Å². The SMILES string of the molecule is COC(CNC(=O)c1ccc(F)cc1F)C(C)C. The number of carbonyl (C=O) groups excluding carboxylic acids is 1. The van der Waals surface area contributed by atoms with Gasteiger partial charge in [-0.05, 0) is 18.1 Å². The maximum Gasteiger partial charge on any atom is 0.254 e. The van der Waals surface area contributed by atoms with Gasteiger partial charge in [0.1, 0.15) is 11.6 Å². The van der Waals surface area contributed by atoms with E-state index < -0.39 is 17.5 Å². The summed E-state index contributed by atoms with van der Waals surface area (Å²) in [6.45, 7) is 4.20. The molecule has 0 bridgehead atoms. The molecule has 3 nitrogen and oxygen atoms in total. The molecule has 1 aromatic carbocycles. The highest BCUT2D eigenvalue weighted by Crippen LogP contribution is 2.10. The van der Waals surface area contributed by atoms with Crippen molar-refractivity contribution in [3.8, 4) is 0 Å². The topological polar surface area (TPSA) is 38.3 Å². The molecule has 0 heterocycles. The van der Waals surface area contributed by atoms with E-state index in [2.05, 4.69) is 5.32 Å². The van der Waals surface area contributed by atoms with Crippen molar-refractivity contribution in [1.29, 1.82) is 0 Å². The first-order valence-electron chi connectivity index (χ1n) is 5.71. The Morgan fingerprint density at radius 2 is 2.06 bits per heavy atom. The maximum atomic E-state index is 13.3. The lowest BCUT2D eigenvalue weighted by Crippen LogP contribution is -2.36. The third-order valence-electron chi connectivity index (χ3n) is 2.69. The van der Waals surface area contributed by atoms with E-state index in [0.29, 0.717) is 6.07 Å².